The van der Waals surface area contributed by atoms with Gasteiger partial charge in [-0.25, -0.2) is 0 Å². The maximum absolute atomic E-state index is 12.1. The molecule has 5 nitrogen and oxygen atoms in total. The quantitative estimate of drug-likeness (QED) is 0.359. The number of rotatable bonds is 14. The summed E-state index contributed by atoms with van der Waals surface area (Å²) in [6, 6.07) is 10.5. The molecule has 2 atom stereocenters. The summed E-state index contributed by atoms with van der Waals surface area (Å²) in [5, 5.41) is 18.9. The second-order valence-electron chi connectivity index (χ2n) is 7.93. The molecule has 1 heterocycles. The molecule has 1 aromatic carbocycles. The van der Waals surface area contributed by atoms with Gasteiger partial charge in [0, 0.05) is 19.4 Å². The zero-order valence-corrected chi connectivity index (χ0v) is 17.3. The maximum atomic E-state index is 12.1. The van der Waals surface area contributed by atoms with Gasteiger partial charge in [0.05, 0.1) is 12.1 Å². The van der Waals surface area contributed by atoms with Crippen molar-refractivity contribution in [1.29, 1.82) is 0 Å². The van der Waals surface area contributed by atoms with Crippen LogP contribution >= 0.6 is 0 Å². The number of unbranched alkanes of at least 4 members (excludes halogenated alkanes) is 4. The normalized spacial score (nSPS) is 17.9. The van der Waals surface area contributed by atoms with Crippen LogP contribution in [0, 0.1) is 0 Å². The molecule has 0 saturated carbocycles. The van der Waals surface area contributed by atoms with Crippen molar-refractivity contribution in [3.63, 3.8) is 0 Å². The van der Waals surface area contributed by atoms with Gasteiger partial charge >= 0.3 is 5.97 Å². The molecule has 160 valence electrons. The SMILES string of the molecule is O=C(O)CCCCCCN1C(=O)CCC1/C=C/C(O)CCCCc1ccccc1. The third-order valence-corrected chi connectivity index (χ3v) is 5.53. The van der Waals surface area contributed by atoms with E-state index in [0.29, 0.717) is 19.4 Å². The van der Waals surface area contributed by atoms with E-state index < -0.39 is 12.1 Å². The summed E-state index contributed by atoms with van der Waals surface area (Å²) in [6.07, 6.45) is 12.2. The number of likely N-dealkylation sites (tertiary alicyclic amines) is 1. The van der Waals surface area contributed by atoms with E-state index in [9.17, 15) is 14.7 Å². The van der Waals surface area contributed by atoms with Crippen LogP contribution in [0.2, 0.25) is 0 Å². The van der Waals surface area contributed by atoms with E-state index in [1.54, 1.807) is 0 Å². The van der Waals surface area contributed by atoms with Crippen molar-refractivity contribution < 1.29 is 19.8 Å². The fourth-order valence-electron chi connectivity index (χ4n) is 3.84. The molecule has 1 aromatic rings. The smallest absolute Gasteiger partial charge is 0.303 e. The highest BCUT2D eigenvalue weighted by atomic mass is 16.4. The first kappa shape index (κ1) is 23.1. The van der Waals surface area contributed by atoms with Gasteiger partial charge in [-0.15, -0.1) is 0 Å². The number of aryl methyl sites for hydroxylation is 1. The average molecular weight is 402 g/mol. The number of amides is 1. The number of carbonyl (C=O) groups is 2. The first-order valence-corrected chi connectivity index (χ1v) is 11.0. The Kier molecular flexibility index (Phi) is 10.5. The molecule has 5 heteroatoms. The minimum atomic E-state index is -0.747. The summed E-state index contributed by atoms with van der Waals surface area (Å²) in [4.78, 5) is 24.6. The Labute approximate surface area is 174 Å². The number of carboxylic acid groups (broad SMARTS) is 1. The van der Waals surface area contributed by atoms with Crippen molar-refractivity contribution in [2.24, 2.45) is 0 Å². The second-order valence-corrected chi connectivity index (χ2v) is 7.93. The van der Waals surface area contributed by atoms with Crippen LogP contribution in [-0.4, -0.2) is 45.7 Å². The zero-order valence-electron chi connectivity index (χ0n) is 17.3. The number of aliphatic hydroxyl groups is 1. The van der Waals surface area contributed by atoms with Crippen molar-refractivity contribution in [1.82, 2.24) is 4.90 Å². The molecule has 29 heavy (non-hydrogen) atoms. The molecular weight excluding hydrogens is 366 g/mol. The van der Waals surface area contributed by atoms with Gasteiger partial charge in [0.1, 0.15) is 0 Å². The zero-order chi connectivity index (χ0) is 20.9. The molecule has 1 saturated heterocycles. The van der Waals surface area contributed by atoms with E-state index in [0.717, 1.165) is 51.4 Å². The summed E-state index contributed by atoms with van der Waals surface area (Å²) >= 11 is 0. The Bertz CT molecular complexity index is 644. The van der Waals surface area contributed by atoms with E-state index in [1.165, 1.54) is 5.56 Å². The lowest BCUT2D eigenvalue weighted by atomic mass is 10.0. The molecule has 1 fully saturated rings. The molecule has 0 spiro atoms. The minimum Gasteiger partial charge on any atom is -0.481 e. The van der Waals surface area contributed by atoms with Gasteiger partial charge in [0.15, 0.2) is 0 Å². The van der Waals surface area contributed by atoms with Crippen molar-refractivity contribution in [2.45, 2.75) is 82.8 Å². The van der Waals surface area contributed by atoms with Gasteiger partial charge in [-0.1, -0.05) is 61.7 Å². The van der Waals surface area contributed by atoms with Gasteiger partial charge < -0.3 is 15.1 Å². The highest BCUT2D eigenvalue weighted by molar-refractivity contribution is 5.79. The van der Waals surface area contributed by atoms with Crippen LogP contribution in [0.15, 0.2) is 42.5 Å². The molecule has 2 unspecified atom stereocenters. The minimum absolute atomic E-state index is 0.0838. The number of benzene rings is 1. The predicted octanol–water partition coefficient (Wildman–Crippen LogP) is 4.34. The summed E-state index contributed by atoms with van der Waals surface area (Å²) in [5.74, 6) is -0.564. The summed E-state index contributed by atoms with van der Waals surface area (Å²) in [7, 11) is 0. The number of carbonyl (C=O) groups excluding carboxylic acids is 1. The lowest BCUT2D eigenvalue weighted by Crippen LogP contribution is -2.32. The molecule has 1 aliphatic heterocycles. The van der Waals surface area contributed by atoms with Crippen LogP contribution in [-0.2, 0) is 16.0 Å². The Morgan fingerprint density at radius 1 is 1.10 bits per heavy atom. The van der Waals surface area contributed by atoms with E-state index in [4.69, 9.17) is 5.11 Å². The molecular formula is C24H35NO4. The van der Waals surface area contributed by atoms with E-state index >= 15 is 0 Å². The third kappa shape index (κ3) is 9.27. The standard InChI is InChI=1S/C24H35NO4/c26-22(13-8-7-12-20-10-4-3-5-11-20)17-15-21-16-18-23(27)25(21)19-9-2-1-6-14-24(28)29/h3-5,10-11,15,17,21-22,26H,1-2,6-9,12-14,16,18-19H2,(H,28,29)/b17-15+. The van der Waals surface area contributed by atoms with Crippen LogP contribution < -0.4 is 0 Å². The molecule has 0 aliphatic carbocycles. The molecule has 2 N–H and O–H groups in total. The fourth-order valence-corrected chi connectivity index (χ4v) is 3.84. The van der Waals surface area contributed by atoms with Crippen molar-refractivity contribution in [2.75, 3.05) is 6.54 Å². The molecule has 1 aliphatic rings. The summed E-state index contributed by atoms with van der Waals surface area (Å²) in [5.41, 5.74) is 1.33. The first-order valence-electron chi connectivity index (χ1n) is 11.0. The van der Waals surface area contributed by atoms with Gasteiger partial charge in [0.25, 0.3) is 0 Å². The van der Waals surface area contributed by atoms with Crippen LogP contribution in [0.4, 0.5) is 0 Å². The predicted molar refractivity (Wildman–Crippen MR) is 115 cm³/mol. The van der Waals surface area contributed by atoms with Gasteiger partial charge in [0.2, 0.25) is 5.91 Å². The molecule has 0 aromatic heterocycles. The van der Waals surface area contributed by atoms with E-state index in [2.05, 4.69) is 24.3 Å². The first-order chi connectivity index (χ1) is 14.1. The van der Waals surface area contributed by atoms with Crippen molar-refractivity contribution in [3.05, 3.63) is 48.0 Å². The average Bonchev–Trinajstić information content (AvgIpc) is 3.06. The molecule has 0 bridgehead atoms. The largest absolute Gasteiger partial charge is 0.481 e. The topological polar surface area (TPSA) is 77.8 Å². The number of hydrogen-bond donors (Lipinski definition) is 2. The highest BCUT2D eigenvalue weighted by Crippen LogP contribution is 2.21. The van der Waals surface area contributed by atoms with Crippen molar-refractivity contribution in [3.8, 4) is 0 Å². The third-order valence-electron chi connectivity index (χ3n) is 5.53. The number of aliphatic carboxylic acids is 1. The maximum Gasteiger partial charge on any atom is 0.303 e. The number of nitrogens with zero attached hydrogens (tertiary/aromatic N) is 1. The van der Waals surface area contributed by atoms with Crippen LogP contribution in [0.25, 0.3) is 0 Å². The lowest BCUT2D eigenvalue weighted by molar-refractivity contribution is -0.137. The van der Waals surface area contributed by atoms with Crippen molar-refractivity contribution >= 4 is 11.9 Å². The van der Waals surface area contributed by atoms with Crippen LogP contribution in [0.1, 0.15) is 69.8 Å². The Morgan fingerprint density at radius 3 is 2.62 bits per heavy atom. The van der Waals surface area contributed by atoms with Gasteiger partial charge in [-0.05, 0) is 44.1 Å². The monoisotopic (exact) mass is 401 g/mol. The summed E-state index contributed by atoms with van der Waals surface area (Å²) < 4.78 is 0. The van der Waals surface area contributed by atoms with Gasteiger partial charge in [-0.2, -0.15) is 0 Å². The van der Waals surface area contributed by atoms with Gasteiger partial charge in [-0.3, -0.25) is 9.59 Å². The summed E-state index contributed by atoms with van der Waals surface area (Å²) in [6.45, 7) is 0.716. The Morgan fingerprint density at radius 2 is 1.86 bits per heavy atom. The molecule has 0 radical (unpaired) electrons. The molecule has 2 rings (SSSR count). The second kappa shape index (κ2) is 13.2. The number of hydrogen-bond acceptors (Lipinski definition) is 3. The van der Waals surface area contributed by atoms with Crippen LogP contribution in [0.5, 0.6) is 0 Å². The van der Waals surface area contributed by atoms with Crippen LogP contribution in [0.3, 0.4) is 0 Å². The lowest BCUT2D eigenvalue weighted by Gasteiger charge is -2.22. The Balaban J connectivity index is 1.63. The fraction of sp³-hybridized carbons (Fsp3) is 0.583. The van der Waals surface area contributed by atoms with E-state index in [1.807, 2.05) is 23.1 Å². The highest BCUT2D eigenvalue weighted by Gasteiger charge is 2.28. The van der Waals surface area contributed by atoms with E-state index in [-0.39, 0.29) is 18.4 Å². The number of aliphatic hydroxyl groups excluding tert-OH is 1. The number of carboxylic acids is 1. The molecule has 1 amide bonds. The Hall–Kier alpha value is -2.14.